The molecule has 0 aromatic rings. The Morgan fingerprint density at radius 3 is 1.88 bits per heavy atom. The van der Waals surface area contributed by atoms with Crippen LogP contribution in [0.5, 0.6) is 0 Å². The molecule has 0 N–H and O–H groups in total. The van der Waals surface area contributed by atoms with E-state index in [0.717, 1.165) is 13.2 Å². The summed E-state index contributed by atoms with van der Waals surface area (Å²) in [6, 6.07) is 0. The Bertz CT molecular complexity index is 181. The summed E-state index contributed by atoms with van der Waals surface area (Å²) in [6.07, 6.45) is 8.78. The van der Waals surface area contributed by atoms with Crippen LogP contribution < -0.4 is 0 Å². The summed E-state index contributed by atoms with van der Waals surface area (Å²) >= 11 is 0. The summed E-state index contributed by atoms with van der Waals surface area (Å²) in [6.45, 7) is 10.4. The highest BCUT2D eigenvalue weighted by molar-refractivity contribution is 4.74. The molecule has 1 rings (SSSR count). The van der Waals surface area contributed by atoms with Crippen LogP contribution in [0.25, 0.3) is 0 Å². The molecule has 0 aromatic carbocycles. The predicted molar refractivity (Wildman–Crippen MR) is 67.5 cm³/mol. The standard InChI is InChI=1S/C14H24O2/c1-3-8-15-11-13-6-5-7-14(10-13)12-16-9-4-2/h3-4,13-14H,1-2,5-12H2. The van der Waals surface area contributed by atoms with Crippen molar-refractivity contribution in [2.24, 2.45) is 11.8 Å². The minimum atomic E-state index is 0.675. The van der Waals surface area contributed by atoms with Crippen molar-refractivity contribution < 1.29 is 9.47 Å². The quantitative estimate of drug-likeness (QED) is 0.465. The first kappa shape index (κ1) is 13.5. The van der Waals surface area contributed by atoms with Gasteiger partial charge in [-0.15, -0.1) is 13.2 Å². The average Bonchev–Trinajstić information content (AvgIpc) is 2.30. The van der Waals surface area contributed by atoms with E-state index in [0.29, 0.717) is 25.0 Å². The molecule has 0 spiro atoms. The average molecular weight is 224 g/mol. The van der Waals surface area contributed by atoms with Crippen molar-refractivity contribution in [1.82, 2.24) is 0 Å². The zero-order valence-corrected chi connectivity index (χ0v) is 10.2. The topological polar surface area (TPSA) is 18.5 Å². The Kier molecular flexibility index (Phi) is 7.19. The highest BCUT2D eigenvalue weighted by atomic mass is 16.5. The fourth-order valence-electron chi connectivity index (χ4n) is 2.34. The molecule has 0 heterocycles. The molecule has 1 saturated carbocycles. The van der Waals surface area contributed by atoms with E-state index >= 15 is 0 Å². The first-order chi connectivity index (χ1) is 7.86. The highest BCUT2D eigenvalue weighted by Gasteiger charge is 2.21. The second kappa shape index (κ2) is 8.54. The molecule has 0 aliphatic heterocycles. The van der Waals surface area contributed by atoms with Crippen LogP contribution >= 0.6 is 0 Å². The van der Waals surface area contributed by atoms with E-state index < -0.39 is 0 Å². The van der Waals surface area contributed by atoms with E-state index in [-0.39, 0.29) is 0 Å². The molecule has 2 nitrogen and oxygen atoms in total. The number of hydrogen-bond acceptors (Lipinski definition) is 2. The second-order valence-electron chi connectivity index (χ2n) is 4.55. The monoisotopic (exact) mass is 224 g/mol. The molecule has 16 heavy (non-hydrogen) atoms. The van der Waals surface area contributed by atoms with E-state index in [9.17, 15) is 0 Å². The normalized spacial score (nSPS) is 25.2. The maximum Gasteiger partial charge on any atom is 0.0644 e. The number of ether oxygens (including phenoxy) is 2. The zero-order valence-electron chi connectivity index (χ0n) is 10.2. The Labute approximate surface area is 99.3 Å². The molecule has 92 valence electrons. The fourth-order valence-corrected chi connectivity index (χ4v) is 2.34. The molecule has 2 unspecified atom stereocenters. The van der Waals surface area contributed by atoms with Gasteiger partial charge in [-0.3, -0.25) is 0 Å². The summed E-state index contributed by atoms with van der Waals surface area (Å²) in [4.78, 5) is 0. The molecule has 0 radical (unpaired) electrons. The molecule has 2 heteroatoms. The summed E-state index contributed by atoms with van der Waals surface area (Å²) in [7, 11) is 0. The lowest BCUT2D eigenvalue weighted by atomic mass is 9.82. The molecule has 1 aliphatic rings. The summed E-state index contributed by atoms with van der Waals surface area (Å²) in [5, 5.41) is 0. The van der Waals surface area contributed by atoms with Gasteiger partial charge in [0.25, 0.3) is 0 Å². The first-order valence-corrected chi connectivity index (χ1v) is 6.24. The predicted octanol–water partition coefficient (Wildman–Crippen LogP) is 3.20. The summed E-state index contributed by atoms with van der Waals surface area (Å²) in [5.74, 6) is 1.43. The minimum absolute atomic E-state index is 0.675. The van der Waals surface area contributed by atoms with Crippen LogP contribution in [-0.2, 0) is 9.47 Å². The van der Waals surface area contributed by atoms with Crippen LogP contribution in [0.15, 0.2) is 25.3 Å². The number of hydrogen-bond donors (Lipinski definition) is 0. The molecule has 0 saturated heterocycles. The lowest BCUT2D eigenvalue weighted by Crippen LogP contribution is -2.23. The van der Waals surface area contributed by atoms with Gasteiger partial charge in [-0.25, -0.2) is 0 Å². The largest absolute Gasteiger partial charge is 0.377 e. The van der Waals surface area contributed by atoms with E-state index in [4.69, 9.17) is 9.47 Å². The van der Waals surface area contributed by atoms with Crippen molar-refractivity contribution in [3.8, 4) is 0 Å². The lowest BCUT2D eigenvalue weighted by molar-refractivity contribution is 0.0577. The fraction of sp³-hybridized carbons (Fsp3) is 0.714. The Morgan fingerprint density at radius 1 is 0.938 bits per heavy atom. The van der Waals surface area contributed by atoms with E-state index in [2.05, 4.69) is 13.2 Å². The van der Waals surface area contributed by atoms with Crippen LogP contribution in [0.4, 0.5) is 0 Å². The van der Waals surface area contributed by atoms with Crippen molar-refractivity contribution in [2.75, 3.05) is 26.4 Å². The summed E-state index contributed by atoms with van der Waals surface area (Å²) in [5.41, 5.74) is 0. The molecule has 2 atom stereocenters. The van der Waals surface area contributed by atoms with Crippen molar-refractivity contribution in [3.63, 3.8) is 0 Å². The third kappa shape index (κ3) is 5.47. The maximum atomic E-state index is 5.52. The van der Waals surface area contributed by atoms with E-state index in [1.807, 2.05) is 12.2 Å². The minimum Gasteiger partial charge on any atom is -0.377 e. The van der Waals surface area contributed by atoms with Gasteiger partial charge in [-0.05, 0) is 31.1 Å². The lowest BCUT2D eigenvalue weighted by Gasteiger charge is -2.28. The van der Waals surface area contributed by atoms with Gasteiger partial charge in [0.15, 0.2) is 0 Å². The second-order valence-corrected chi connectivity index (χ2v) is 4.55. The molecule has 1 fully saturated rings. The van der Waals surface area contributed by atoms with Crippen LogP contribution in [0, 0.1) is 11.8 Å². The third-order valence-corrected chi connectivity index (χ3v) is 3.07. The molecule has 0 bridgehead atoms. The molecular weight excluding hydrogens is 200 g/mol. The van der Waals surface area contributed by atoms with Gasteiger partial charge in [0, 0.05) is 13.2 Å². The number of rotatable bonds is 8. The smallest absolute Gasteiger partial charge is 0.0644 e. The molecule has 0 aromatic heterocycles. The van der Waals surface area contributed by atoms with Gasteiger partial charge in [-0.2, -0.15) is 0 Å². The van der Waals surface area contributed by atoms with Gasteiger partial charge < -0.3 is 9.47 Å². The van der Waals surface area contributed by atoms with Crippen LogP contribution in [0.1, 0.15) is 25.7 Å². The molecular formula is C14H24O2. The Balaban J connectivity index is 2.13. The Hall–Kier alpha value is -0.600. The Morgan fingerprint density at radius 2 is 1.44 bits per heavy atom. The highest BCUT2D eigenvalue weighted by Crippen LogP contribution is 2.29. The van der Waals surface area contributed by atoms with Gasteiger partial charge in [0.2, 0.25) is 0 Å². The zero-order chi connectivity index (χ0) is 11.6. The van der Waals surface area contributed by atoms with Crippen molar-refractivity contribution >= 4 is 0 Å². The van der Waals surface area contributed by atoms with Crippen molar-refractivity contribution in [2.45, 2.75) is 25.7 Å². The third-order valence-electron chi connectivity index (χ3n) is 3.07. The first-order valence-electron chi connectivity index (χ1n) is 6.24. The van der Waals surface area contributed by atoms with Gasteiger partial charge >= 0.3 is 0 Å². The van der Waals surface area contributed by atoms with Crippen molar-refractivity contribution in [3.05, 3.63) is 25.3 Å². The van der Waals surface area contributed by atoms with Crippen LogP contribution in [0.3, 0.4) is 0 Å². The molecule has 1 aliphatic carbocycles. The van der Waals surface area contributed by atoms with E-state index in [1.54, 1.807) is 0 Å². The van der Waals surface area contributed by atoms with Crippen molar-refractivity contribution in [1.29, 1.82) is 0 Å². The van der Waals surface area contributed by atoms with E-state index in [1.165, 1.54) is 25.7 Å². The maximum absolute atomic E-state index is 5.52. The SMILES string of the molecule is C=CCOCC1CCCC(COCC=C)C1. The van der Waals surface area contributed by atoms with Gasteiger partial charge in [0.05, 0.1) is 13.2 Å². The van der Waals surface area contributed by atoms with Crippen LogP contribution in [0.2, 0.25) is 0 Å². The van der Waals surface area contributed by atoms with Gasteiger partial charge in [-0.1, -0.05) is 18.6 Å². The van der Waals surface area contributed by atoms with Gasteiger partial charge in [0.1, 0.15) is 0 Å². The summed E-state index contributed by atoms with van der Waals surface area (Å²) < 4.78 is 11.0. The van der Waals surface area contributed by atoms with Crippen LogP contribution in [-0.4, -0.2) is 26.4 Å². The molecule has 0 amide bonds.